The number of nitrogens with zero attached hydrogens (tertiary/aromatic N) is 1. The first kappa shape index (κ1) is 14.9. The van der Waals surface area contributed by atoms with Crippen molar-refractivity contribution in [2.75, 3.05) is 0 Å². The van der Waals surface area contributed by atoms with Gasteiger partial charge in [0.15, 0.2) is 5.76 Å². The number of halogens is 1. The van der Waals surface area contributed by atoms with Crippen molar-refractivity contribution in [3.8, 4) is 11.3 Å². The average molecular weight is 312 g/mol. The van der Waals surface area contributed by atoms with Crippen LogP contribution in [-0.4, -0.2) is 20.8 Å². The number of thioether (sulfide) groups is 1. The van der Waals surface area contributed by atoms with Gasteiger partial charge in [-0.25, -0.2) is 4.98 Å². The third kappa shape index (κ3) is 3.55. The quantitative estimate of drug-likeness (QED) is 0.901. The van der Waals surface area contributed by atoms with Gasteiger partial charge < -0.3 is 9.52 Å². The summed E-state index contributed by atoms with van der Waals surface area (Å²) in [5, 5.41) is 9.67. The number of aromatic nitrogens is 1. The van der Waals surface area contributed by atoms with Crippen LogP contribution in [0.3, 0.4) is 0 Å². The highest BCUT2D eigenvalue weighted by Crippen LogP contribution is 2.30. The van der Waals surface area contributed by atoms with Gasteiger partial charge in [0.2, 0.25) is 5.89 Å². The van der Waals surface area contributed by atoms with Crippen molar-refractivity contribution >= 4 is 29.3 Å². The molecule has 0 atom stereocenters. The van der Waals surface area contributed by atoms with E-state index in [0.29, 0.717) is 22.4 Å². The van der Waals surface area contributed by atoms with E-state index in [1.807, 2.05) is 12.1 Å². The minimum atomic E-state index is -0.870. The van der Waals surface area contributed by atoms with Crippen molar-refractivity contribution in [1.82, 2.24) is 4.98 Å². The second-order valence-electron chi connectivity index (χ2n) is 4.73. The molecule has 106 valence electrons. The van der Waals surface area contributed by atoms with E-state index < -0.39 is 10.7 Å². The molecule has 4 nitrogen and oxygen atoms in total. The highest BCUT2D eigenvalue weighted by molar-refractivity contribution is 8.00. The summed E-state index contributed by atoms with van der Waals surface area (Å²) in [6.07, 6.45) is 1.62. The molecule has 20 heavy (non-hydrogen) atoms. The number of aliphatic carboxylic acids is 1. The van der Waals surface area contributed by atoms with Crippen LogP contribution in [0.5, 0.6) is 0 Å². The Hall–Kier alpha value is -1.46. The van der Waals surface area contributed by atoms with Crippen LogP contribution in [0, 0.1) is 0 Å². The Kier molecular flexibility index (Phi) is 4.40. The molecule has 1 heterocycles. The molecule has 2 aromatic rings. The Balaban J connectivity index is 2.08. The predicted molar refractivity (Wildman–Crippen MR) is 80.0 cm³/mol. The van der Waals surface area contributed by atoms with Gasteiger partial charge in [0, 0.05) is 10.6 Å². The van der Waals surface area contributed by atoms with Gasteiger partial charge in [-0.2, -0.15) is 0 Å². The molecule has 1 aromatic carbocycles. The highest BCUT2D eigenvalue weighted by atomic mass is 35.5. The molecule has 0 aliphatic rings. The Morgan fingerprint density at radius 2 is 2.25 bits per heavy atom. The van der Waals surface area contributed by atoms with Crippen LogP contribution >= 0.6 is 23.4 Å². The van der Waals surface area contributed by atoms with Crippen LogP contribution in [0.1, 0.15) is 19.7 Å². The van der Waals surface area contributed by atoms with E-state index >= 15 is 0 Å². The lowest BCUT2D eigenvalue weighted by Gasteiger charge is -2.16. The molecule has 0 spiro atoms. The Bertz CT molecular complexity index is 624. The molecule has 6 heteroatoms. The summed E-state index contributed by atoms with van der Waals surface area (Å²) in [5.41, 5.74) is 0.846. The van der Waals surface area contributed by atoms with E-state index in [2.05, 4.69) is 4.98 Å². The van der Waals surface area contributed by atoms with Crippen molar-refractivity contribution in [2.45, 2.75) is 24.3 Å². The van der Waals surface area contributed by atoms with Crippen LogP contribution < -0.4 is 0 Å². The molecule has 0 saturated carbocycles. The number of carboxylic acid groups (broad SMARTS) is 1. The predicted octanol–water partition coefficient (Wildman–Crippen LogP) is 4.09. The molecule has 1 N–H and O–H groups in total. The van der Waals surface area contributed by atoms with E-state index in [0.717, 1.165) is 5.56 Å². The van der Waals surface area contributed by atoms with E-state index in [1.165, 1.54) is 11.8 Å². The maximum atomic E-state index is 11.0. The van der Waals surface area contributed by atoms with Crippen LogP contribution in [0.25, 0.3) is 11.3 Å². The number of carbonyl (C=O) groups is 1. The molecule has 0 fully saturated rings. The molecule has 0 saturated heterocycles. The van der Waals surface area contributed by atoms with Gasteiger partial charge in [0.25, 0.3) is 0 Å². The number of oxazole rings is 1. The van der Waals surface area contributed by atoms with Crippen molar-refractivity contribution in [3.63, 3.8) is 0 Å². The number of hydrogen-bond acceptors (Lipinski definition) is 4. The maximum Gasteiger partial charge on any atom is 0.319 e. The lowest BCUT2D eigenvalue weighted by atomic mass is 10.2. The smallest absolute Gasteiger partial charge is 0.319 e. The molecule has 1 aromatic heterocycles. The zero-order chi connectivity index (χ0) is 14.8. The summed E-state index contributed by atoms with van der Waals surface area (Å²) in [4.78, 5) is 15.2. The lowest BCUT2D eigenvalue weighted by molar-refractivity contribution is -0.138. The van der Waals surface area contributed by atoms with E-state index in [9.17, 15) is 4.79 Å². The number of benzene rings is 1. The second-order valence-corrected chi connectivity index (χ2v) is 6.77. The number of rotatable bonds is 5. The Labute approximate surface area is 126 Å². The fraction of sp³-hybridized carbons (Fsp3) is 0.286. The molecule has 0 aliphatic heterocycles. The first-order valence-corrected chi connectivity index (χ1v) is 7.33. The zero-order valence-electron chi connectivity index (χ0n) is 11.1. The molecule has 0 unspecified atom stereocenters. The van der Waals surface area contributed by atoms with E-state index in [4.69, 9.17) is 21.1 Å². The maximum absolute atomic E-state index is 11.0. The summed E-state index contributed by atoms with van der Waals surface area (Å²) < 4.78 is 4.75. The minimum Gasteiger partial charge on any atom is -0.480 e. The normalized spacial score (nSPS) is 11.6. The van der Waals surface area contributed by atoms with Crippen LogP contribution in [0.2, 0.25) is 5.02 Å². The molecule has 0 bridgehead atoms. The molecule has 0 radical (unpaired) electrons. The fourth-order valence-corrected chi connectivity index (χ4v) is 2.39. The van der Waals surface area contributed by atoms with Crippen LogP contribution in [0.4, 0.5) is 0 Å². The monoisotopic (exact) mass is 311 g/mol. The summed E-state index contributed by atoms with van der Waals surface area (Å²) in [6, 6.07) is 7.29. The van der Waals surface area contributed by atoms with Gasteiger partial charge in [-0.05, 0) is 26.0 Å². The van der Waals surface area contributed by atoms with E-state index in [1.54, 1.807) is 32.2 Å². The number of hydrogen-bond donors (Lipinski definition) is 1. The average Bonchev–Trinajstić information content (AvgIpc) is 2.85. The van der Waals surface area contributed by atoms with Crippen LogP contribution in [-0.2, 0) is 10.5 Å². The number of carboxylic acids is 1. The van der Waals surface area contributed by atoms with Gasteiger partial charge in [0.05, 0.1) is 11.9 Å². The molecule has 2 rings (SSSR count). The Morgan fingerprint density at radius 1 is 1.50 bits per heavy atom. The molecule has 0 amide bonds. The van der Waals surface area contributed by atoms with Crippen molar-refractivity contribution < 1.29 is 14.3 Å². The summed E-state index contributed by atoms with van der Waals surface area (Å²) in [7, 11) is 0. The van der Waals surface area contributed by atoms with Gasteiger partial charge in [-0.3, -0.25) is 4.79 Å². The second kappa shape index (κ2) is 5.89. The van der Waals surface area contributed by atoms with Gasteiger partial charge >= 0.3 is 5.97 Å². The Morgan fingerprint density at radius 3 is 2.90 bits per heavy atom. The SMILES string of the molecule is CC(C)(SCc1ncc(-c2cccc(Cl)c2)o1)C(=O)O. The highest BCUT2D eigenvalue weighted by Gasteiger charge is 2.28. The van der Waals surface area contributed by atoms with Gasteiger partial charge in [-0.15, -0.1) is 11.8 Å². The summed E-state index contributed by atoms with van der Waals surface area (Å²) in [6.45, 7) is 3.31. The first-order chi connectivity index (χ1) is 9.38. The summed E-state index contributed by atoms with van der Waals surface area (Å²) >= 11 is 7.20. The fourth-order valence-electron chi connectivity index (χ4n) is 1.46. The summed E-state index contributed by atoms with van der Waals surface area (Å²) in [5.74, 6) is 0.666. The molecular formula is C14H14ClNO3S. The first-order valence-electron chi connectivity index (χ1n) is 5.96. The largest absolute Gasteiger partial charge is 0.480 e. The van der Waals surface area contributed by atoms with E-state index in [-0.39, 0.29) is 0 Å². The van der Waals surface area contributed by atoms with Crippen molar-refractivity contribution in [3.05, 3.63) is 41.4 Å². The third-order valence-corrected chi connectivity index (χ3v) is 4.26. The van der Waals surface area contributed by atoms with Gasteiger partial charge in [0.1, 0.15) is 4.75 Å². The van der Waals surface area contributed by atoms with Crippen molar-refractivity contribution in [1.29, 1.82) is 0 Å². The van der Waals surface area contributed by atoms with Gasteiger partial charge in [-0.1, -0.05) is 23.7 Å². The minimum absolute atomic E-state index is 0.403. The molecule has 0 aliphatic carbocycles. The van der Waals surface area contributed by atoms with Crippen molar-refractivity contribution in [2.24, 2.45) is 0 Å². The zero-order valence-corrected chi connectivity index (χ0v) is 12.7. The van der Waals surface area contributed by atoms with Crippen LogP contribution in [0.15, 0.2) is 34.9 Å². The standard InChI is InChI=1S/C14H14ClNO3S/c1-14(2,13(17)18)20-8-12-16-7-11(19-12)9-4-3-5-10(15)6-9/h3-7H,8H2,1-2H3,(H,17,18). The third-order valence-electron chi connectivity index (χ3n) is 2.73. The topological polar surface area (TPSA) is 63.3 Å². The molecular weight excluding hydrogens is 298 g/mol. The lowest BCUT2D eigenvalue weighted by Crippen LogP contribution is -2.27.